The predicted octanol–water partition coefficient (Wildman–Crippen LogP) is 5.11. The van der Waals surface area contributed by atoms with Crippen molar-refractivity contribution >= 4 is 17.3 Å². The minimum Gasteiger partial charge on any atom is -0.494 e. The smallest absolute Gasteiger partial charge is 0.243 e. The Morgan fingerprint density at radius 1 is 0.833 bits per heavy atom. The zero-order chi connectivity index (χ0) is 21.4. The molecule has 0 radical (unpaired) electrons. The molecule has 0 aliphatic heterocycles. The number of unbranched alkanes of at least 4 members (excludes halogenated alkanes) is 3. The van der Waals surface area contributed by atoms with Crippen LogP contribution in [-0.4, -0.2) is 38.9 Å². The van der Waals surface area contributed by atoms with Gasteiger partial charge >= 0.3 is 0 Å². The molecule has 0 saturated heterocycles. The zero-order valence-electron chi connectivity index (χ0n) is 18.1. The Balaban J connectivity index is 1.74. The van der Waals surface area contributed by atoms with Gasteiger partial charge in [-0.2, -0.15) is 0 Å². The summed E-state index contributed by atoms with van der Waals surface area (Å²) in [6.07, 6.45) is 4.66. The van der Waals surface area contributed by atoms with Gasteiger partial charge in [0.1, 0.15) is 18.1 Å². The average molecular weight is 415 g/mol. The molecule has 1 amide bonds. The number of amides is 1. The molecule has 0 heterocycles. The monoisotopic (exact) mass is 414 g/mol. The van der Waals surface area contributed by atoms with Crippen LogP contribution in [0, 0.1) is 0 Å². The van der Waals surface area contributed by atoms with Crippen molar-refractivity contribution in [3.8, 4) is 11.5 Å². The molecule has 30 heavy (non-hydrogen) atoms. The maximum atomic E-state index is 12.3. The van der Waals surface area contributed by atoms with Crippen molar-refractivity contribution in [3.63, 3.8) is 0 Å². The molecule has 0 unspecified atom stereocenters. The van der Waals surface area contributed by atoms with Crippen LogP contribution in [0.3, 0.4) is 0 Å². The summed E-state index contributed by atoms with van der Waals surface area (Å²) >= 11 is 0. The lowest BCUT2D eigenvalue weighted by Crippen LogP contribution is -2.21. The van der Waals surface area contributed by atoms with Gasteiger partial charge in [0.25, 0.3) is 0 Å². The van der Waals surface area contributed by atoms with Crippen molar-refractivity contribution in [1.82, 2.24) is 0 Å². The molecule has 0 fully saturated rings. The van der Waals surface area contributed by atoms with E-state index in [1.165, 1.54) is 19.3 Å². The maximum Gasteiger partial charge on any atom is 0.243 e. The summed E-state index contributed by atoms with van der Waals surface area (Å²) in [5.74, 6) is 1.39. The third-order valence-electron chi connectivity index (χ3n) is 4.37. The van der Waals surface area contributed by atoms with E-state index in [-0.39, 0.29) is 12.5 Å². The van der Waals surface area contributed by atoms with Crippen LogP contribution < -0.4 is 20.1 Å². The Morgan fingerprint density at radius 3 is 2.27 bits per heavy atom. The van der Waals surface area contributed by atoms with Crippen molar-refractivity contribution in [2.24, 2.45) is 0 Å². The number of rotatable bonds is 15. The summed E-state index contributed by atoms with van der Waals surface area (Å²) in [6.45, 7) is 6.72. The molecule has 0 aromatic heterocycles. The molecule has 6 nitrogen and oxygen atoms in total. The predicted molar refractivity (Wildman–Crippen MR) is 122 cm³/mol. The number of hydrogen-bond acceptors (Lipinski definition) is 5. The average Bonchev–Trinajstić information content (AvgIpc) is 2.76. The van der Waals surface area contributed by atoms with Gasteiger partial charge in [-0.05, 0) is 37.6 Å². The van der Waals surface area contributed by atoms with Crippen molar-refractivity contribution in [3.05, 3.63) is 48.5 Å². The minimum atomic E-state index is -0.127. The first kappa shape index (κ1) is 23.5. The van der Waals surface area contributed by atoms with Gasteiger partial charge in [-0.3, -0.25) is 4.79 Å². The first-order chi connectivity index (χ1) is 14.7. The highest BCUT2D eigenvalue weighted by Gasteiger charge is 2.05. The van der Waals surface area contributed by atoms with E-state index in [2.05, 4.69) is 17.6 Å². The lowest BCUT2D eigenvalue weighted by Gasteiger charge is -2.11. The maximum absolute atomic E-state index is 12.3. The number of carbonyl (C=O) groups is 1. The summed E-state index contributed by atoms with van der Waals surface area (Å²) in [5.41, 5.74) is 1.55. The van der Waals surface area contributed by atoms with Crippen LogP contribution in [0.1, 0.15) is 39.5 Å². The SMILES string of the molecule is CCCCCCOc1cccc(NC(=O)CNc2cccc(OCCOCC)c2)c1. The Labute approximate surface area is 179 Å². The van der Waals surface area contributed by atoms with Gasteiger partial charge < -0.3 is 24.8 Å². The van der Waals surface area contributed by atoms with E-state index in [4.69, 9.17) is 14.2 Å². The third kappa shape index (κ3) is 9.65. The summed E-state index contributed by atoms with van der Waals surface area (Å²) in [4.78, 5) is 12.3. The highest BCUT2D eigenvalue weighted by molar-refractivity contribution is 5.93. The van der Waals surface area contributed by atoms with E-state index in [1.807, 2.05) is 55.5 Å². The van der Waals surface area contributed by atoms with Gasteiger partial charge in [-0.1, -0.05) is 38.3 Å². The fourth-order valence-corrected chi connectivity index (χ4v) is 2.83. The Bertz CT molecular complexity index is 751. The first-order valence-corrected chi connectivity index (χ1v) is 10.8. The highest BCUT2D eigenvalue weighted by atomic mass is 16.5. The van der Waals surface area contributed by atoms with Crippen molar-refractivity contribution in [1.29, 1.82) is 0 Å². The van der Waals surface area contributed by atoms with Gasteiger partial charge in [0, 0.05) is 30.1 Å². The highest BCUT2D eigenvalue weighted by Crippen LogP contribution is 2.19. The van der Waals surface area contributed by atoms with Gasteiger partial charge in [-0.25, -0.2) is 0 Å². The topological polar surface area (TPSA) is 68.8 Å². The first-order valence-electron chi connectivity index (χ1n) is 10.8. The van der Waals surface area contributed by atoms with Gasteiger partial charge in [-0.15, -0.1) is 0 Å². The molecule has 6 heteroatoms. The normalized spacial score (nSPS) is 10.5. The van der Waals surface area contributed by atoms with E-state index in [9.17, 15) is 4.79 Å². The van der Waals surface area contributed by atoms with Crippen molar-refractivity contribution in [2.45, 2.75) is 39.5 Å². The molecule has 2 rings (SSSR count). The molecule has 0 aliphatic rings. The molecule has 0 atom stereocenters. The molecule has 0 spiro atoms. The van der Waals surface area contributed by atoms with Gasteiger partial charge in [0.05, 0.1) is 19.8 Å². The van der Waals surface area contributed by atoms with Crippen molar-refractivity contribution < 1.29 is 19.0 Å². The quantitative estimate of drug-likeness (QED) is 0.396. The number of ether oxygens (including phenoxy) is 3. The van der Waals surface area contributed by atoms with Crippen LogP contribution in [0.15, 0.2) is 48.5 Å². The van der Waals surface area contributed by atoms with Crippen LogP contribution in [0.4, 0.5) is 11.4 Å². The number of anilines is 2. The van der Waals surface area contributed by atoms with Crippen LogP contribution >= 0.6 is 0 Å². The van der Waals surface area contributed by atoms with E-state index in [1.54, 1.807) is 0 Å². The lowest BCUT2D eigenvalue weighted by atomic mass is 10.2. The van der Waals surface area contributed by atoms with Gasteiger partial charge in [0.2, 0.25) is 5.91 Å². The Hall–Kier alpha value is -2.73. The molecule has 2 aromatic rings. The molecular formula is C24H34N2O4. The third-order valence-corrected chi connectivity index (χ3v) is 4.37. The van der Waals surface area contributed by atoms with E-state index >= 15 is 0 Å². The molecular weight excluding hydrogens is 380 g/mol. The largest absolute Gasteiger partial charge is 0.494 e. The standard InChI is InChI=1S/C24H34N2O4/c1-3-5-6-7-14-29-23-13-9-11-21(18-23)26-24(27)19-25-20-10-8-12-22(17-20)30-16-15-28-4-2/h8-13,17-18,25H,3-7,14-16,19H2,1-2H3,(H,26,27). The second-order valence-corrected chi connectivity index (χ2v) is 6.91. The van der Waals surface area contributed by atoms with Crippen LogP contribution in [0.5, 0.6) is 11.5 Å². The lowest BCUT2D eigenvalue weighted by molar-refractivity contribution is -0.114. The minimum absolute atomic E-state index is 0.127. The fourth-order valence-electron chi connectivity index (χ4n) is 2.83. The molecule has 0 bridgehead atoms. The molecule has 0 aliphatic carbocycles. The Kier molecular flexibility index (Phi) is 11.2. The molecule has 0 saturated carbocycles. The number of carbonyl (C=O) groups excluding carboxylic acids is 1. The second-order valence-electron chi connectivity index (χ2n) is 6.91. The molecule has 2 aromatic carbocycles. The van der Waals surface area contributed by atoms with E-state index in [0.29, 0.717) is 26.4 Å². The van der Waals surface area contributed by atoms with Crippen LogP contribution in [0.25, 0.3) is 0 Å². The molecule has 2 N–H and O–H groups in total. The van der Waals surface area contributed by atoms with E-state index < -0.39 is 0 Å². The summed E-state index contributed by atoms with van der Waals surface area (Å²) in [5, 5.41) is 6.02. The summed E-state index contributed by atoms with van der Waals surface area (Å²) in [7, 11) is 0. The van der Waals surface area contributed by atoms with Gasteiger partial charge in [0.15, 0.2) is 0 Å². The summed E-state index contributed by atoms with van der Waals surface area (Å²) < 4.78 is 16.7. The summed E-state index contributed by atoms with van der Waals surface area (Å²) in [6, 6.07) is 15.0. The van der Waals surface area contributed by atoms with Crippen LogP contribution in [0.2, 0.25) is 0 Å². The van der Waals surface area contributed by atoms with E-state index in [0.717, 1.165) is 29.3 Å². The zero-order valence-corrected chi connectivity index (χ0v) is 18.1. The number of benzene rings is 2. The molecule has 164 valence electrons. The second kappa shape index (κ2) is 14.3. The number of hydrogen-bond donors (Lipinski definition) is 2. The Morgan fingerprint density at radius 2 is 1.53 bits per heavy atom. The van der Waals surface area contributed by atoms with Crippen LogP contribution in [-0.2, 0) is 9.53 Å². The fraction of sp³-hybridized carbons (Fsp3) is 0.458. The number of nitrogens with one attached hydrogen (secondary N) is 2. The van der Waals surface area contributed by atoms with Crippen molar-refractivity contribution in [2.75, 3.05) is 43.6 Å².